The molecule has 104 valence electrons. The van der Waals surface area contributed by atoms with E-state index in [-0.39, 0.29) is 18.4 Å². The molecule has 1 unspecified atom stereocenters. The van der Waals surface area contributed by atoms with Crippen molar-refractivity contribution < 1.29 is 14.3 Å². The molecule has 0 aliphatic carbocycles. The number of esters is 1. The van der Waals surface area contributed by atoms with Crippen LogP contribution >= 0.6 is 11.8 Å². The van der Waals surface area contributed by atoms with E-state index in [2.05, 4.69) is 6.92 Å². The molecule has 0 saturated carbocycles. The van der Waals surface area contributed by atoms with Crippen molar-refractivity contribution in [2.24, 2.45) is 5.92 Å². The summed E-state index contributed by atoms with van der Waals surface area (Å²) in [7, 11) is 5.94. The highest BCUT2D eigenvalue weighted by atomic mass is 32.2. The van der Waals surface area contributed by atoms with Gasteiger partial charge in [-0.15, -0.1) is 0 Å². The molecule has 3 nitrogen and oxygen atoms in total. The third-order valence-electron chi connectivity index (χ3n) is 4.22. The minimum absolute atomic E-state index is 0.212. The molecule has 5 heteroatoms. The first-order chi connectivity index (χ1) is 9.61. The van der Waals surface area contributed by atoms with Crippen molar-refractivity contribution >= 4 is 25.6 Å². The third kappa shape index (κ3) is 2.49. The molecular formula is C15H17BO3S. The Hall–Kier alpha value is -0.935. The second-order valence-corrected chi connectivity index (χ2v) is 6.70. The van der Waals surface area contributed by atoms with Gasteiger partial charge in [-0.1, -0.05) is 37.3 Å². The highest BCUT2D eigenvalue weighted by Gasteiger charge is 2.57. The monoisotopic (exact) mass is 288 g/mol. The molecule has 2 saturated heterocycles. The second kappa shape index (κ2) is 5.45. The average Bonchev–Trinajstić information content (AvgIpc) is 2.86. The fraction of sp³-hybridized carbons (Fsp3) is 0.533. The maximum Gasteiger partial charge on any atom is 0.309 e. The summed E-state index contributed by atoms with van der Waals surface area (Å²) in [6.45, 7) is 2.43. The Balaban J connectivity index is 1.57. The highest BCUT2D eigenvalue weighted by Crippen LogP contribution is 2.52. The van der Waals surface area contributed by atoms with Crippen LogP contribution in [0.5, 0.6) is 0 Å². The Morgan fingerprint density at radius 2 is 2.25 bits per heavy atom. The van der Waals surface area contributed by atoms with Crippen LogP contribution in [0, 0.1) is 5.92 Å². The molecule has 2 aliphatic rings. The van der Waals surface area contributed by atoms with Gasteiger partial charge in [0.05, 0.1) is 12.0 Å². The molecule has 0 spiro atoms. The Labute approximate surface area is 124 Å². The van der Waals surface area contributed by atoms with Crippen LogP contribution in [0.1, 0.15) is 18.9 Å². The molecule has 2 aliphatic heterocycles. The van der Waals surface area contributed by atoms with E-state index >= 15 is 0 Å². The van der Waals surface area contributed by atoms with Crippen LogP contribution in [0.3, 0.4) is 0 Å². The van der Waals surface area contributed by atoms with Gasteiger partial charge in [-0.3, -0.25) is 4.79 Å². The Morgan fingerprint density at radius 1 is 1.50 bits per heavy atom. The maximum absolute atomic E-state index is 12.1. The fourth-order valence-electron chi connectivity index (χ4n) is 2.96. The number of hydrogen-bond donors (Lipinski definition) is 0. The molecule has 0 aromatic heterocycles. The number of fused-ring (bicyclic) bond motifs is 2. The summed E-state index contributed by atoms with van der Waals surface area (Å²) in [6.07, 6.45) is 0.290. The van der Waals surface area contributed by atoms with E-state index < -0.39 is 5.60 Å². The molecule has 0 N–H and O–H groups in total. The summed E-state index contributed by atoms with van der Waals surface area (Å²) in [4.78, 5) is 12.1. The molecular weight excluding hydrogens is 271 g/mol. The SMILES string of the molecule is [B][C@@H]1O[C@@]2(CC(=O)OCc3ccccc3)CS[C@H]1C2C. The van der Waals surface area contributed by atoms with E-state index in [1.54, 1.807) is 11.8 Å². The van der Waals surface area contributed by atoms with Gasteiger partial charge in [0.1, 0.15) is 14.5 Å². The van der Waals surface area contributed by atoms with E-state index in [9.17, 15) is 4.79 Å². The van der Waals surface area contributed by atoms with Crippen LogP contribution < -0.4 is 0 Å². The summed E-state index contributed by atoms with van der Waals surface area (Å²) >= 11 is 1.81. The number of rotatable bonds is 4. The molecule has 1 aromatic carbocycles. The largest absolute Gasteiger partial charge is 0.461 e. The van der Waals surface area contributed by atoms with E-state index in [1.807, 2.05) is 30.3 Å². The molecule has 2 bridgehead atoms. The Morgan fingerprint density at radius 3 is 2.85 bits per heavy atom. The molecule has 2 heterocycles. The predicted molar refractivity (Wildman–Crippen MR) is 79.6 cm³/mol. The van der Waals surface area contributed by atoms with Crippen LogP contribution in [0.2, 0.25) is 0 Å². The standard InChI is InChI=1S/C15H17BO3S/c1-10-13-14(16)19-15(10,9-20-13)7-12(17)18-8-11-5-3-2-4-6-11/h2-6,10,13-14H,7-9H2,1H3/t10?,13-,14+,15-/m0/s1. The number of thioether (sulfide) groups is 1. The Kier molecular flexibility index (Phi) is 3.82. The van der Waals surface area contributed by atoms with Crippen LogP contribution in [-0.4, -0.2) is 36.4 Å². The smallest absolute Gasteiger partial charge is 0.309 e. The molecule has 3 rings (SSSR count). The van der Waals surface area contributed by atoms with Gasteiger partial charge >= 0.3 is 5.97 Å². The fourth-order valence-corrected chi connectivity index (χ4v) is 4.65. The van der Waals surface area contributed by atoms with Gasteiger partial charge in [-0.25, -0.2) is 0 Å². The number of carbonyl (C=O) groups is 1. The van der Waals surface area contributed by atoms with Crippen LogP contribution in [0.4, 0.5) is 0 Å². The Bertz CT molecular complexity index is 495. The molecule has 1 aromatic rings. The van der Waals surface area contributed by atoms with Crippen molar-refractivity contribution in [3.05, 3.63) is 35.9 Å². The lowest BCUT2D eigenvalue weighted by molar-refractivity contribution is -0.151. The predicted octanol–water partition coefficient (Wildman–Crippen LogP) is 2.13. The zero-order chi connectivity index (χ0) is 14.2. The number of hydrogen-bond acceptors (Lipinski definition) is 4. The summed E-state index contributed by atoms with van der Waals surface area (Å²) in [5, 5.41) is 0.303. The summed E-state index contributed by atoms with van der Waals surface area (Å²) in [6, 6.07) is 9.43. The molecule has 0 amide bonds. The summed E-state index contributed by atoms with van der Waals surface area (Å²) < 4.78 is 11.2. The van der Waals surface area contributed by atoms with Crippen molar-refractivity contribution in [2.75, 3.05) is 5.75 Å². The van der Waals surface area contributed by atoms with Crippen LogP contribution in [-0.2, 0) is 20.9 Å². The number of carbonyl (C=O) groups excluding carboxylic acids is 1. The molecule has 2 radical (unpaired) electrons. The normalized spacial score (nSPS) is 35.1. The van der Waals surface area contributed by atoms with Gasteiger partial charge in [0.25, 0.3) is 0 Å². The topological polar surface area (TPSA) is 35.5 Å². The van der Waals surface area contributed by atoms with Crippen molar-refractivity contribution in [2.45, 2.75) is 36.8 Å². The lowest BCUT2D eigenvalue weighted by atomic mass is 9.84. The van der Waals surface area contributed by atoms with Gasteiger partial charge in [0.15, 0.2) is 0 Å². The minimum Gasteiger partial charge on any atom is -0.461 e. The van der Waals surface area contributed by atoms with E-state index in [0.29, 0.717) is 17.8 Å². The second-order valence-electron chi connectivity index (χ2n) is 5.53. The number of benzene rings is 1. The summed E-state index contributed by atoms with van der Waals surface area (Å²) in [5.41, 5.74) is 0.566. The van der Waals surface area contributed by atoms with Crippen molar-refractivity contribution in [1.82, 2.24) is 0 Å². The van der Waals surface area contributed by atoms with Crippen molar-refractivity contribution in [3.63, 3.8) is 0 Å². The zero-order valence-electron chi connectivity index (χ0n) is 11.5. The summed E-state index contributed by atoms with van der Waals surface area (Å²) in [5.74, 6) is 0.912. The molecule has 20 heavy (non-hydrogen) atoms. The molecule has 2 fully saturated rings. The average molecular weight is 288 g/mol. The van der Waals surface area contributed by atoms with E-state index in [1.165, 1.54) is 0 Å². The van der Waals surface area contributed by atoms with Crippen molar-refractivity contribution in [1.29, 1.82) is 0 Å². The van der Waals surface area contributed by atoms with Crippen molar-refractivity contribution in [3.8, 4) is 0 Å². The van der Waals surface area contributed by atoms with Gasteiger partial charge in [-0.2, -0.15) is 11.8 Å². The third-order valence-corrected chi connectivity index (χ3v) is 5.94. The van der Waals surface area contributed by atoms with E-state index in [4.69, 9.17) is 17.3 Å². The van der Waals surface area contributed by atoms with Gasteiger partial charge < -0.3 is 9.47 Å². The van der Waals surface area contributed by atoms with E-state index in [0.717, 1.165) is 11.3 Å². The lowest BCUT2D eigenvalue weighted by Gasteiger charge is -2.30. The van der Waals surface area contributed by atoms with Gasteiger partial charge in [0, 0.05) is 22.9 Å². The van der Waals surface area contributed by atoms with Gasteiger partial charge in [-0.05, 0) is 5.56 Å². The zero-order valence-corrected chi connectivity index (χ0v) is 12.3. The first-order valence-corrected chi connectivity index (χ1v) is 7.90. The van der Waals surface area contributed by atoms with Gasteiger partial charge in [0.2, 0.25) is 0 Å². The quantitative estimate of drug-likeness (QED) is 0.628. The van der Waals surface area contributed by atoms with Crippen LogP contribution in [0.15, 0.2) is 30.3 Å². The highest BCUT2D eigenvalue weighted by molar-refractivity contribution is 8.00. The maximum atomic E-state index is 12.1. The lowest BCUT2D eigenvalue weighted by Crippen LogP contribution is -2.39. The minimum atomic E-state index is -0.428. The number of ether oxygens (including phenoxy) is 2. The first-order valence-electron chi connectivity index (χ1n) is 6.85. The molecule has 4 atom stereocenters. The first kappa shape index (κ1) is 14.0. The van der Waals surface area contributed by atoms with Crippen LogP contribution in [0.25, 0.3) is 0 Å².